The molecule has 0 aromatic heterocycles. The average molecular weight is 182 g/mol. The van der Waals surface area contributed by atoms with E-state index in [0.29, 0.717) is 0 Å². The van der Waals surface area contributed by atoms with Crippen LogP contribution in [0.4, 0.5) is 0 Å². The van der Waals surface area contributed by atoms with Crippen LogP contribution in [-0.2, 0) is 15.5 Å². The van der Waals surface area contributed by atoms with Gasteiger partial charge in [0.15, 0.2) is 0 Å². The van der Waals surface area contributed by atoms with Gasteiger partial charge in [-0.2, -0.15) is 0 Å². The molecule has 66 valence electrons. The summed E-state index contributed by atoms with van der Waals surface area (Å²) >= 11 is 0. The number of hydrogen-bond acceptors (Lipinski definition) is 1. The third kappa shape index (κ3) is 1.75. The average Bonchev–Trinajstić information content (AvgIpc) is 2.06. The van der Waals surface area contributed by atoms with Crippen LogP contribution >= 0.6 is 0 Å². The minimum Gasteiger partial charge on any atom is -0.259 e. The fraction of sp³-hybridized carbons (Fsp3) is 0.400. The Balaban J connectivity index is 3.06. The minimum absolute atomic E-state index is 0.235. The summed E-state index contributed by atoms with van der Waals surface area (Å²) in [6.07, 6.45) is 1.74. The van der Waals surface area contributed by atoms with Crippen molar-refractivity contribution < 1.29 is 4.21 Å². The standard InChI is InChI=1S/C10H14OS/c1-10(2,12(3)11)9-7-5-4-6-8-9/h4-8H,1-3H3. The first-order valence-electron chi connectivity index (χ1n) is 3.94. The van der Waals surface area contributed by atoms with E-state index >= 15 is 0 Å². The van der Waals surface area contributed by atoms with Gasteiger partial charge < -0.3 is 0 Å². The van der Waals surface area contributed by atoms with E-state index in [1.165, 1.54) is 0 Å². The summed E-state index contributed by atoms with van der Waals surface area (Å²) in [6, 6.07) is 9.95. The normalized spacial score (nSPS) is 14.2. The molecule has 0 N–H and O–H groups in total. The van der Waals surface area contributed by atoms with E-state index in [4.69, 9.17) is 0 Å². The highest BCUT2D eigenvalue weighted by Crippen LogP contribution is 2.25. The SMILES string of the molecule is CS(=O)C(C)(C)c1ccccc1. The van der Waals surface area contributed by atoms with Crippen molar-refractivity contribution in [2.75, 3.05) is 6.26 Å². The van der Waals surface area contributed by atoms with Gasteiger partial charge in [0.1, 0.15) is 0 Å². The molecule has 0 fully saturated rings. The van der Waals surface area contributed by atoms with Crippen LogP contribution in [-0.4, -0.2) is 10.5 Å². The first-order valence-corrected chi connectivity index (χ1v) is 5.50. The number of benzene rings is 1. The fourth-order valence-electron chi connectivity index (χ4n) is 1.01. The lowest BCUT2D eigenvalue weighted by Gasteiger charge is -2.21. The van der Waals surface area contributed by atoms with Crippen molar-refractivity contribution in [2.24, 2.45) is 0 Å². The van der Waals surface area contributed by atoms with Gasteiger partial charge in [0.2, 0.25) is 0 Å². The van der Waals surface area contributed by atoms with E-state index in [9.17, 15) is 4.21 Å². The Bertz CT molecular complexity index is 277. The first-order chi connectivity index (χ1) is 5.55. The lowest BCUT2D eigenvalue weighted by Crippen LogP contribution is -2.22. The molecule has 0 aliphatic rings. The molecule has 0 heterocycles. The Morgan fingerprint density at radius 2 is 1.67 bits per heavy atom. The molecule has 0 aliphatic heterocycles. The Hall–Kier alpha value is -0.630. The molecule has 1 nitrogen and oxygen atoms in total. The van der Waals surface area contributed by atoms with Crippen molar-refractivity contribution in [2.45, 2.75) is 18.6 Å². The molecule has 0 aliphatic carbocycles. The van der Waals surface area contributed by atoms with Crippen molar-refractivity contribution in [3.63, 3.8) is 0 Å². The Morgan fingerprint density at radius 1 is 1.17 bits per heavy atom. The maximum atomic E-state index is 11.4. The van der Waals surface area contributed by atoms with Crippen molar-refractivity contribution in [3.8, 4) is 0 Å². The zero-order chi connectivity index (χ0) is 9.19. The highest BCUT2D eigenvalue weighted by molar-refractivity contribution is 7.85. The first kappa shape index (κ1) is 9.46. The van der Waals surface area contributed by atoms with Crippen LogP contribution in [0.5, 0.6) is 0 Å². The van der Waals surface area contributed by atoms with Gasteiger partial charge in [-0.15, -0.1) is 0 Å². The Morgan fingerprint density at radius 3 is 2.08 bits per heavy atom. The van der Waals surface area contributed by atoms with E-state index < -0.39 is 10.8 Å². The van der Waals surface area contributed by atoms with Crippen LogP contribution in [0.1, 0.15) is 19.4 Å². The van der Waals surface area contributed by atoms with Gasteiger partial charge >= 0.3 is 0 Å². The molecule has 12 heavy (non-hydrogen) atoms. The predicted octanol–water partition coefficient (Wildman–Crippen LogP) is 2.30. The summed E-state index contributed by atoms with van der Waals surface area (Å²) in [6.45, 7) is 4.00. The van der Waals surface area contributed by atoms with Gasteiger partial charge in [-0.05, 0) is 19.4 Å². The van der Waals surface area contributed by atoms with Gasteiger partial charge in [-0.1, -0.05) is 30.3 Å². The van der Waals surface area contributed by atoms with Crippen LogP contribution in [0.2, 0.25) is 0 Å². The van der Waals surface area contributed by atoms with Crippen LogP contribution in [0.15, 0.2) is 30.3 Å². The summed E-state index contributed by atoms with van der Waals surface area (Å²) < 4.78 is 11.1. The molecule has 0 saturated carbocycles. The quantitative estimate of drug-likeness (QED) is 0.686. The van der Waals surface area contributed by atoms with Gasteiger partial charge in [-0.3, -0.25) is 4.21 Å². The van der Waals surface area contributed by atoms with Gasteiger partial charge in [0.25, 0.3) is 0 Å². The maximum absolute atomic E-state index is 11.4. The Labute approximate surface area is 76.3 Å². The molecule has 2 heteroatoms. The van der Waals surface area contributed by atoms with Crippen molar-refractivity contribution >= 4 is 10.8 Å². The van der Waals surface area contributed by atoms with Crippen molar-refractivity contribution in [3.05, 3.63) is 35.9 Å². The molecular weight excluding hydrogens is 168 g/mol. The van der Waals surface area contributed by atoms with Crippen LogP contribution in [0, 0.1) is 0 Å². The molecular formula is C10H14OS. The van der Waals surface area contributed by atoms with E-state index in [2.05, 4.69) is 0 Å². The second-order valence-corrected chi connectivity index (χ2v) is 5.26. The van der Waals surface area contributed by atoms with Crippen LogP contribution in [0.3, 0.4) is 0 Å². The molecule has 0 radical (unpaired) electrons. The summed E-state index contributed by atoms with van der Waals surface area (Å²) in [7, 11) is -0.827. The number of rotatable bonds is 2. The monoisotopic (exact) mass is 182 g/mol. The zero-order valence-corrected chi connectivity index (χ0v) is 8.52. The third-order valence-electron chi connectivity index (χ3n) is 2.19. The van der Waals surface area contributed by atoms with Crippen LogP contribution < -0.4 is 0 Å². The molecule has 0 amide bonds. The molecule has 1 atom stereocenters. The Kier molecular flexibility index (Phi) is 2.68. The van der Waals surface area contributed by atoms with E-state index in [-0.39, 0.29) is 4.75 Å². The summed E-state index contributed by atoms with van der Waals surface area (Å²) in [5.74, 6) is 0. The minimum atomic E-state index is -0.827. The molecule has 0 bridgehead atoms. The van der Waals surface area contributed by atoms with Gasteiger partial charge in [0, 0.05) is 17.1 Å². The molecule has 1 aromatic carbocycles. The maximum Gasteiger partial charge on any atom is 0.0648 e. The number of hydrogen-bond donors (Lipinski definition) is 0. The molecule has 1 aromatic rings. The lowest BCUT2D eigenvalue weighted by molar-refractivity contribution is 0.648. The lowest BCUT2D eigenvalue weighted by atomic mass is 10.0. The molecule has 1 unspecified atom stereocenters. The topological polar surface area (TPSA) is 17.1 Å². The molecule has 0 spiro atoms. The smallest absolute Gasteiger partial charge is 0.0648 e. The summed E-state index contributed by atoms with van der Waals surface area (Å²) in [4.78, 5) is 0. The van der Waals surface area contributed by atoms with Crippen LogP contribution in [0.25, 0.3) is 0 Å². The predicted molar refractivity (Wildman–Crippen MR) is 53.5 cm³/mol. The zero-order valence-electron chi connectivity index (χ0n) is 7.70. The second kappa shape index (κ2) is 3.40. The highest BCUT2D eigenvalue weighted by atomic mass is 32.2. The van der Waals surface area contributed by atoms with Gasteiger partial charge in [-0.25, -0.2) is 0 Å². The summed E-state index contributed by atoms with van der Waals surface area (Å²) in [5, 5.41) is 0. The molecule has 0 saturated heterocycles. The van der Waals surface area contributed by atoms with Crippen molar-refractivity contribution in [1.29, 1.82) is 0 Å². The van der Waals surface area contributed by atoms with E-state index in [1.54, 1.807) is 6.26 Å². The fourth-order valence-corrected chi connectivity index (χ4v) is 1.47. The van der Waals surface area contributed by atoms with Gasteiger partial charge in [0.05, 0.1) is 4.75 Å². The molecule has 1 rings (SSSR count). The largest absolute Gasteiger partial charge is 0.259 e. The highest BCUT2D eigenvalue weighted by Gasteiger charge is 2.24. The summed E-state index contributed by atoms with van der Waals surface area (Å²) in [5.41, 5.74) is 1.13. The second-order valence-electron chi connectivity index (χ2n) is 3.33. The van der Waals surface area contributed by atoms with E-state index in [1.807, 2.05) is 44.2 Å². The third-order valence-corrected chi connectivity index (χ3v) is 3.86. The van der Waals surface area contributed by atoms with E-state index in [0.717, 1.165) is 5.56 Å². The van der Waals surface area contributed by atoms with Crippen molar-refractivity contribution in [1.82, 2.24) is 0 Å².